The van der Waals surface area contributed by atoms with Crippen LogP contribution in [0.25, 0.3) is 5.57 Å². The summed E-state index contributed by atoms with van der Waals surface area (Å²) in [6.45, 7) is 2.31. The molecule has 1 aromatic carbocycles. The summed E-state index contributed by atoms with van der Waals surface area (Å²) in [5, 5.41) is 0. The maximum absolute atomic E-state index is 12.5. The molecule has 0 aliphatic carbocycles. The van der Waals surface area contributed by atoms with Crippen molar-refractivity contribution in [3.8, 4) is 0 Å². The Morgan fingerprint density at radius 2 is 1.82 bits per heavy atom. The lowest BCUT2D eigenvalue weighted by molar-refractivity contribution is -0.137. The van der Waals surface area contributed by atoms with Crippen molar-refractivity contribution in [1.29, 1.82) is 0 Å². The fourth-order valence-electron chi connectivity index (χ4n) is 2.51. The van der Waals surface area contributed by atoms with Crippen molar-refractivity contribution < 1.29 is 13.2 Å². The Bertz CT molecular complexity index is 661. The molecule has 5 heteroatoms. The molecule has 0 unspecified atom stereocenters. The highest BCUT2D eigenvalue weighted by Crippen LogP contribution is 2.29. The maximum Gasteiger partial charge on any atom is 0.417 e. The molecule has 1 aromatic heterocycles. The van der Waals surface area contributed by atoms with Crippen molar-refractivity contribution in [2.45, 2.75) is 12.7 Å². The number of hydrogen-bond acceptors (Lipinski definition) is 2. The zero-order chi connectivity index (χ0) is 15.6. The van der Waals surface area contributed by atoms with E-state index < -0.39 is 11.7 Å². The molecule has 0 radical (unpaired) electrons. The van der Waals surface area contributed by atoms with E-state index in [1.165, 1.54) is 11.6 Å². The van der Waals surface area contributed by atoms with Gasteiger partial charge in [-0.15, -0.1) is 0 Å². The van der Waals surface area contributed by atoms with Gasteiger partial charge in [-0.1, -0.05) is 36.4 Å². The van der Waals surface area contributed by atoms with Gasteiger partial charge >= 0.3 is 6.18 Å². The van der Waals surface area contributed by atoms with Crippen LogP contribution < -0.4 is 0 Å². The molecular formula is C17H15F3N2. The summed E-state index contributed by atoms with van der Waals surface area (Å²) in [5.41, 5.74) is 2.10. The molecule has 2 nitrogen and oxygen atoms in total. The topological polar surface area (TPSA) is 16.1 Å². The summed E-state index contributed by atoms with van der Waals surface area (Å²) in [4.78, 5) is 6.18. The monoisotopic (exact) mass is 304 g/mol. The zero-order valence-corrected chi connectivity index (χ0v) is 11.8. The predicted molar refractivity (Wildman–Crippen MR) is 78.9 cm³/mol. The van der Waals surface area contributed by atoms with E-state index in [4.69, 9.17) is 0 Å². The Kier molecular flexibility index (Phi) is 3.98. The van der Waals surface area contributed by atoms with Gasteiger partial charge in [0.1, 0.15) is 0 Å². The van der Waals surface area contributed by atoms with Crippen LogP contribution >= 0.6 is 0 Å². The first-order chi connectivity index (χ1) is 10.5. The van der Waals surface area contributed by atoms with Crippen LogP contribution in [0.5, 0.6) is 0 Å². The van der Waals surface area contributed by atoms with Crippen molar-refractivity contribution in [1.82, 2.24) is 9.88 Å². The second-order valence-electron chi connectivity index (χ2n) is 5.31. The minimum absolute atomic E-state index is 0.614. The summed E-state index contributed by atoms with van der Waals surface area (Å²) in [6, 6.07) is 12.6. The van der Waals surface area contributed by atoms with Crippen LogP contribution in [0.15, 0.2) is 54.7 Å². The van der Waals surface area contributed by atoms with E-state index in [1.807, 2.05) is 24.3 Å². The third-order valence-corrected chi connectivity index (χ3v) is 3.66. The normalized spacial score (nSPS) is 15.9. The molecule has 0 N–H and O–H groups in total. The van der Waals surface area contributed by atoms with E-state index >= 15 is 0 Å². The number of benzene rings is 1. The molecule has 1 aliphatic rings. The van der Waals surface area contributed by atoms with Gasteiger partial charge in [0.15, 0.2) is 0 Å². The molecule has 0 spiro atoms. The van der Waals surface area contributed by atoms with Crippen molar-refractivity contribution in [2.24, 2.45) is 0 Å². The largest absolute Gasteiger partial charge is 0.417 e. The van der Waals surface area contributed by atoms with Crippen molar-refractivity contribution in [3.05, 3.63) is 71.6 Å². The fourth-order valence-corrected chi connectivity index (χ4v) is 2.51. The van der Waals surface area contributed by atoms with E-state index in [9.17, 15) is 13.2 Å². The number of rotatable bonds is 3. The van der Waals surface area contributed by atoms with Crippen LogP contribution in [0.1, 0.15) is 16.8 Å². The fraction of sp³-hybridized carbons (Fsp3) is 0.235. The Balaban J connectivity index is 1.65. The standard InChI is InChI=1S/C17H15F3N2/c18-17(19,20)15-6-7-16(21-10-15)14-8-9-22(12-14)11-13-4-2-1-3-5-13/h1-8,10H,9,11-12H2. The predicted octanol–water partition coefficient (Wildman–Crippen LogP) is 4.00. The van der Waals surface area contributed by atoms with Crippen LogP contribution in [0.3, 0.4) is 0 Å². The van der Waals surface area contributed by atoms with E-state index in [-0.39, 0.29) is 0 Å². The number of halogens is 3. The molecule has 0 atom stereocenters. The zero-order valence-electron chi connectivity index (χ0n) is 11.8. The average Bonchev–Trinajstić information content (AvgIpc) is 2.96. The van der Waals surface area contributed by atoms with Gasteiger partial charge in [-0.3, -0.25) is 9.88 Å². The molecule has 0 saturated heterocycles. The van der Waals surface area contributed by atoms with Gasteiger partial charge in [-0.2, -0.15) is 13.2 Å². The van der Waals surface area contributed by atoms with Crippen LogP contribution in [0.2, 0.25) is 0 Å². The average molecular weight is 304 g/mol. The Morgan fingerprint density at radius 1 is 1.05 bits per heavy atom. The highest BCUT2D eigenvalue weighted by Gasteiger charge is 2.30. The van der Waals surface area contributed by atoms with Gasteiger partial charge in [0.25, 0.3) is 0 Å². The highest BCUT2D eigenvalue weighted by molar-refractivity contribution is 5.66. The summed E-state index contributed by atoms with van der Waals surface area (Å²) in [6.07, 6.45) is -1.41. The minimum Gasteiger partial charge on any atom is -0.291 e. The molecule has 0 saturated carbocycles. The molecule has 22 heavy (non-hydrogen) atoms. The Morgan fingerprint density at radius 3 is 2.45 bits per heavy atom. The van der Waals surface area contributed by atoms with Crippen molar-refractivity contribution >= 4 is 5.57 Å². The van der Waals surface area contributed by atoms with Crippen LogP contribution in [0.4, 0.5) is 13.2 Å². The van der Waals surface area contributed by atoms with Crippen molar-refractivity contribution in [2.75, 3.05) is 13.1 Å². The van der Waals surface area contributed by atoms with Crippen LogP contribution in [0, 0.1) is 0 Å². The maximum atomic E-state index is 12.5. The van der Waals surface area contributed by atoms with E-state index in [2.05, 4.69) is 22.0 Å². The number of alkyl halides is 3. The quantitative estimate of drug-likeness (QED) is 0.852. The summed E-state index contributed by atoms with van der Waals surface area (Å²) in [7, 11) is 0. The first-order valence-corrected chi connectivity index (χ1v) is 7.01. The first kappa shape index (κ1) is 14.8. The van der Waals surface area contributed by atoms with Gasteiger partial charge in [0.05, 0.1) is 11.3 Å². The second kappa shape index (κ2) is 5.93. The van der Waals surface area contributed by atoms with Crippen LogP contribution in [-0.2, 0) is 12.7 Å². The lowest BCUT2D eigenvalue weighted by Crippen LogP contribution is -2.20. The molecule has 3 rings (SSSR count). The third-order valence-electron chi connectivity index (χ3n) is 3.66. The van der Waals surface area contributed by atoms with Gasteiger partial charge in [0, 0.05) is 25.8 Å². The number of nitrogens with zero attached hydrogens (tertiary/aromatic N) is 2. The molecule has 114 valence electrons. The SMILES string of the molecule is FC(F)(F)c1ccc(C2=CCN(Cc3ccccc3)C2)nc1. The molecule has 0 bridgehead atoms. The van der Waals surface area contributed by atoms with Crippen LogP contribution in [-0.4, -0.2) is 23.0 Å². The lowest BCUT2D eigenvalue weighted by atomic mass is 10.1. The summed E-state index contributed by atoms with van der Waals surface area (Å²) >= 11 is 0. The number of aromatic nitrogens is 1. The Hall–Kier alpha value is -2.14. The van der Waals surface area contributed by atoms with Gasteiger partial charge < -0.3 is 0 Å². The molecule has 0 amide bonds. The third kappa shape index (κ3) is 3.36. The van der Waals surface area contributed by atoms with E-state index in [1.54, 1.807) is 0 Å². The molecule has 2 aromatic rings. The van der Waals surface area contributed by atoms with E-state index in [0.717, 1.165) is 30.9 Å². The number of hydrogen-bond donors (Lipinski definition) is 0. The minimum atomic E-state index is -4.34. The first-order valence-electron chi connectivity index (χ1n) is 7.01. The molecule has 0 fully saturated rings. The molecule has 1 aliphatic heterocycles. The smallest absolute Gasteiger partial charge is 0.291 e. The highest BCUT2D eigenvalue weighted by atomic mass is 19.4. The van der Waals surface area contributed by atoms with E-state index in [0.29, 0.717) is 12.2 Å². The Labute approximate surface area is 126 Å². The van der Waals surface area contributed by atoms with Crippen molar-refractivity contribution in [3.63, 3.8) is 0 Å². The van der Waals surface area contributed by atoms with Gasteiger partial charge in [-0.25, -0.2) is 0 Å². The van der Waals surface area contributed by atoms with Gasteiger partial charge in [-0.05, 0) is 23.3 Å². The number of pyridine rings is 1. The van der Waals surface area contributed by atoms with Gasteiger partial charge in [0.2, 0.25) is 0 Å². The summed E-state index contributed by atoms with van der Waals surface area (Å²) in [5.74, 6) is 0. The summed E-state index contributed by atoms with van der Waals surface area (Å²) < 4.78 is 37.6. The molecule has 2 heterocycles. The lowest BCUT2D eigenvalue weighted by Gasteiger charge is -2.16. The second-order valence-corrected chi connectivity index (χ2v) is 5.31. The molecular weight excluding hydrogens is 289 g/mol.